The van der Waals surface area contributed by atoms with E-state index < -0.39 is 0 Å². The molecule has 0 amide bonds. The lowest BCUT2D eigenvalue weighted by molar-refractivity contribution is 0.620. The van der Waals surface area contributed by atoms with E-state index in [1.807, 2.05) is 19.1 Å². The Morgan fingerprint density at radius 1 is 1.17 bits per heavy atom. The minimum absolute atomic E-state index is 0.615. The number of hydrogen-bond donors (Lipinski definition) is 0. The molecule has 0 unspecified atom stereocenters. The standard InChI is InChI=1S/C13H12N8S2/c1-9-14-16-13(20(9)7-6-10-3-2-8-22-10)23-12-5-4-11-15-18-19-21(11)17-12/h2-5,8H,6-7H2,1H3. The van der Waals surface area contributed by atoms with Gasteiger partial charge >= 0.3 is 0 Å². The lowest BCUT2D eigenvalue weighted by atomic mass is 10.3. The van der Waals surface area contributed by atoms with Crippen molar-refractivity contribution in [2.45, 2.75) is 30.1 Å². The summed E-state index contributed by atoms with van der Waals surface area (Å²) in [6.45, 7) is 2.80. The summed E-state index contributed by atoms with van der Waals surface area (Å²) < 4.78 is 3.51. The van der Waals surface area contributed by atoms with Gasteiger partial charge < -0.3 is 4.57 Å². The molecule has 4 aromatic heterocycles. The molecular weight excluding hydrogens is 332 g/mol. The third kappa shape index (κ3) is 2.94. The van der Waals surface area contributed by atoms with Crippen molar-refractivity contribution in [3.05, 3.63) is 40.3 Å². The highest BCUT2D eigenvalue weighted by molar-refractivity contribution is 7.99. The normalized spacial score (nSPS) is 11.3. The first-order chi connectivity index (χ1) is 11.3. The molecule has 0 spiro atoms. The Balaban J connectivity index is 1.56. The fourth-order valence-corrected chi connectivity index (χ4v) is 3.71. The zero-order valence-electron chi connectivity index (χ0n) is 12.2. The number of aryl methyl sites for hydroxylation is 2. The van der Waals surface area contributed by atoms with E-state index in [1.54, 1.807) is 11.3 Å². The molecule has 4 heterocycles. The van der Waals surface area contributed by atoms with Gasteiger partial charge in [0.15, 0.2) is 10.8 Å². The van der Waals surface area contributed by atoms with Gasteiger partial charge in [-0.25, -0.2) is 0 Å². The second-order valence-electron chi connectivity index (χ2n) is 4.81. The molecule has 10 heteroatoms. The van der Waals surface area contributed by atoms with Crippen LogP contribution < -0.4 is 0 Å². The van der Waals surface area contributed by atoms with Crippen molar-refractivity contribution in [3.63, 3.8) is 0 Å². The molecule has 0 aromatic carbocycles. The Kier molecular flexibility index (Phi) is 3.75. The largest absolute Gasteiger partial charge is 0.306 e. The average molecular weight is 344 g/mol. The zero-order valence-corrected chi connectivity index (χ0v) is 13.8. The molecule has 0 aliphatic heterocycles. The molecule has 4 aromatic rings. The van der Waals surface area contributed by atoms with Crippen LogP contribution in [-0.2, 0) is 13.0 Å². The van der Waals surface area contributed by atoms with E-state index in [9.17, 15) is 0 Å². The summed E-state index contributed by atoms with van der Waals surface area (Å²) in [5.74, 6) is 0.896. The molecule has 0 aliphatic rings. The van der Waals surface area contributed by atoms with Crippen LogP contribution in [0, 0.1) is 6.92 Å². The van der Waals surface area contributed by atoms with Gasteiger partial charge in [0.25, 0.3) is 0 Å². The molecule has 0 N–H and O–H groups in total. The van der Waals surface area contributed by atoms with Gasteiger partial charge in [-0.15, -0.1) is 36.4 Å². The fraction of sp³-hybridized carbons (Fsp3) is 0.231. The number of tetrazole rings is 1. The number of aromatic nitrogens is 8. The zero-order chi connectivity index (χ0) is 15.6. The summed E-state index contributed by atoms with van der Waals surface area (Å²) in [6, 6.07) is 7.92. The van der Waals surface area contributed by atoms with E-state index in [4.69, 9.17) is 0 Å². The van der Waals surface area contributed by atoms with Gasteiger partial charge in [-0.1, -0.05) is 6.07 Å². The van der Waals surface area contributed by atoms with E-state index in [0.29, 0.717) is 5.65 Å². The van der Waals surface area contributed by atoms with Gasteiger partial charge in [0.2, 0.25) is 0 Å². The van der Waals surface area contributed by atoms with Crippen molar-refractivity contribution in [1.29, 1.82) is 0 Å². The number of thiophene rings is 1. The summed E-state index contributed by atoms with van der Waals surface area (Å²) in [6.07, 6.45) is 0.962. The van der Waals surface area contributed by atoms with Crippen LogP contribution in [0.3, 0.4) is 0 Å². The number of rotatable bonds is 5. The maximum atomic E-state index is 4.36. The molecule has 0 saturated carbocycles. The van der Waals surface area contributed by atoms with Crippen LogP contribution in [0.5, 0.6) is 0 Å². The van der Waals surface area contributed by atoms with E-state index in [1.165, 1.54) is 21.3 Å². The van der Waals surface area contributed by atoms with Crippen LogP contribution >= 0.6 is 23.1 Å². The highest BCUT2D eigenvalue weighted by Gasteiger charge is 2.12. The molecule has 23 heavy (non-hydrogen) atoms. The minimum atomic E-state index is 0.615. The first-order valence-electron chi connectivity index (χ1n) is 6.95. The first kappa shape index (κ1) is 14.3. The van der Waals surface area contributed by atoms with E-state index in [0.717, 1.165) is 29.0 Å². The number of hydrogen-bond acceptors (Lipinski definition) is 8. The Hall–Kier alpha value is -2.33. The summed E-state index contributed by atoms with van der Waals surface area (Å²) >= 11 is 3.22. The smallest absolute Gasteiger partial charge is 0.200 e. The Morgan fingerprint density at radius 3 is 3.00 bits per heavy atom. The van der Waals surface area contributed by atoms with E-state index in [-0.39, 0.29) is 0 Å². The van der Waals surface area contributed by atoms with Crippen molar-refractivity contribution in [2.75, 3.05) is 0 Å². The van der Waals surface area contributed by atoms with Gasteiger partial charge in [0.05, 0.1) is 0 Å². The highest BCUT2D eigenvalue weighted by atomic mass is 32.2. The van der Waals surface area contributed by atoms with Crippen LogP contribution in [0.15, 0.2) is 39.8 Å². The van der Waals surface area contributed by atoms with Gasteiger partial charge in [0.1, 0.15) is 10.9 Å². The quantitative estimate of drug-likeness (QED) is 0.546. The van der Waals surface area contributed by atoms with Gasteiger partial charge in [-0.2, -0.15) is 0 Å². The maximum absolute atomic E-state index is 4.36. The summed E-state index contributed by atoms with van der Waals surface area (Å²) in [4.78, 5) is 1.35. The summed E-state index contributed by atoms with van der Waals surface area (Å²) in [5, 5.41) is 27.7. The molecule has 0 radical (unpaired) electrons. The molecule has 0 bridgehead atoms. The fourth-order valence-electron chi connectivity index (χ4n) is 2.15. The summed E-state index contributed by atoms with van der Waals surface area (Å²) in [5.41, 5.74) is 0.615. The SMILES string of the molecule is Cc1nnc(Sc2ccc3nnnn3n2)n1CCc1cccs1. The van der Waals surface area contributed by atoms with E-state index in [2.05, 4.69) is 52.9 Å². The van der Waals surface area contributed by atoms with Crippen LogP contribution in [-0.4, -0.2) is 40.0 Å². The molecule has 0 aliphatic carbocycles. The number of fused-ring (bicyclic) bond motifs is 1. The van der Waals surface area contributed by atoms with Crippen LogP contribution in [0.1, 0.15) is 10.7 Å². The van der Waals surface area contributed by atoms with Gasteiger partial charge in [-0.3, -0.25) is 0 Å². The first-order valence-corrected chi connectivity index (χ1v) is 8.65. The topological polar surface area (TPSA) is 86.7 Å². The minimum Gasteiger partial charge on any atom is -0.306 e. The predicted octanol–water partition coefficient (Wildman–Crippen LogP) is 1.87. The Labute approximate surface area is 139 Å². The average Bonchev–Trinajstić information content (AvgIpc) is 3.27. The van der Waals surface area contributed by atoms with Crippen molar-refractivity contribution >= 4 is 28.7 Å². The molecule has 8 nitrogen and oxygen atoms in total. The lowest BCUT2D eigenvalue weighted by Gasteiger charge is -2.07. The molecule has 4 rings (SSSR count). The molecule has 116 valence electrons. The molecular formula is C13H12N8S2. The Bertz CT molecular complexity index is 927. The van der Waals surface area contributed by atoms with E-state index >= 15 is 0 Å². The Morgan fingerprint density at radius 2 is 2.13 bits per heavy atom. The van der Waals surface area contributed by atoms with Gasteiger partial charge in [-0.05, 0) is 59.1 Å². The third-order valence-corrected chi connectivity index (χ3v) is 5.15. The van der Waals surface area contributed by atoms with Crippen molar-refractivity contribution < 1.29 is 0 Å². The van der Waals surface area contributed by atoms with Crippen molar-refractivity contribution in [3.8, 4) is 0 Å². The summed E-state index contributed by atoms with van der Waals surface area (Å²) in [7, 11) is 0. The predicted molar refractivity (Wildman–Crippen MR) is 85.5 cm³/mol. The number of nitrogens with zero attached hydrogens (tertiary/aromatic N) is 8. The molecule has 0 fully saturated rings. The monoisotopic (exact) mass is 344 g/mol. The molecule has 0 saturated heterocycles. The second-order valence-corrected chi connectivity index (χ2v) is 6.83. The lowest BCUT2D eigenvalue weighted by Crippen LogP contribution is -2.05. The second kappa shape index (κ2) is 6.05. The van der Waals surface area contributed by atoms with Crippen LogP contribution in [0.4, 0.5) is 0 Å². The van der Waals surface area contributed by atoms with Crippen molar-refractivity contribution in [1.82, 2.24) is 40.0 Å². The van der Waals surface area contributed by atoms with Crippen LogP contribution in [0.25, 0.3) is 5.65 Å². The maximum Gasteiger partial charge on any atom is 0.200 e. The van der Waals surface area contributed by atoms with Crippen molar-refractivity contribution in [2.24, 2.45) is 0 Å². The van der Waals surface area contributed by atoms with Gasteiger partial charge in [0, 0.05) is 11.4 Å². The van der Waals surface area contributed by atoms with Crippen LogP contribution in [0.2, 0.25) is 0 Å². The highest BCUT2D eigenvalue weighted by Crippen LogP contribution is 2.25. The molecule has 0 atom stereocenters. The third-order valence-electron chi connectivity index (χ3n) is 3.30.